The number of likely N-dealkylation sites (N-methyl/N-ethyl adjacent to an activating group) is 1. The van der Waals surface area contributed by atoms with Gasteiger partial charge in [0, 0.05) is 12.5 Å². The van der Waals surface area contributed by atoms with Gasteiger partial charge >= 0.3 is 0 Å². The van der Waals surface area contributed by atoms with Gasteiger partial charge in [-0.05, 0) is 44.1 Å². The Labute approximate surface area is 144 Å². The van der Waals surface area contributed by atoms with E-state index in [4.69, 9.17) is 5.21 Å². The van der Waals surface area contributed by atoms with Crippen LogP contribution in [-0.4, -0.2) is 35.0 Å². The van der Waals surface area contributed by atoms with Crippen molar-refractivity contribution in [2.75, 3.05) is 7.05 Å². The number of nitrogens with one attached hydrogen (secondary N) is 1. The average molecular weight is 332 g/mol. The van der Waals surface area contributed by atoms with Crippen LogP contribution in [0.4, 0.5) is 0 Å². The highest BCUT2D eigenvalue weighted by atomic mass is 16.5. The molecule has 1 aliphatic carbocycles. The molecule has 0 bridgehead atoms. The molecule has 1 aromatic carbocycles. The summed E-state index contributed by atoms with van der Waals surface area (Å²) < 4.78 is 0. The predicted octanol–water partition coefficient (Wildman–Crippen LogP) is 2.70. The first-order valence-corrected chi connectivity index (χ1v) is 8.57. The standard InChI is InChI=1S/C19H28N2O3/c1-13(2)16(17(22)20-24)21(4)18(23)19(11-12-19)10-9-15-7-5-14(3)6-8-15/h5-8,13,16,24H,9-12H2,1-4H3,(H,20,22)/t16-/m1/s1. The minimum Gasteiger partial charge on any atom is -0.333 e. The molecule has 2 amide bonds. The van der Waals surface area contributed by atoms with Crippen molar-refractivity contribution in [2.24, 2.45) is 11.3 Å². The van der Waals surface area contributed by atoms with E-state index in [9.17, 15) is 9.59 Å². The van der Waals surface area contributed by atoms with Crippen molar-refractivity contribution < 1.29 is 14.8 Å². The third kappa shape index (κ3) is 3.96. The number of benzene rings is 1. The Bertz CT molecular complexity index is 591. The van der Waals surface area contributed by atoms with Gasteiger partial charge in [-0.3, -0.25) is 14.8 Å². The predicted molar refractivity (Wildman–Crippen MR) is 92.5 cm³/mol. The summed E-state index contributed by atoms with van der Waals surface area (Å²) in [6.07, 6.45) is 3.39. The van der Waals surface area contributed by atoms with Gasteiger partial charge in [0.25, 0.3) is 5.91 Å². The van der Waals surface area contributed by atoms with Crippen LogP contribution < -0.4 is 5.48 Å². The van der Waals surface area contributed by atoms with E-state index in [1.54, 1.807) is 12.5 Å². The van der Waals surface area contributed by atoms with E-state index in [0.717, 1.165) is 25.7 Å². The molecule has 0 radical (unpaired) electrons. The highest BCUT2D eigenvalue weighted by Gasteiger charge is 2.52. The van der Waals surface area contributed by atoms with Gasteiger partial charge in [-0.1, -0.05) is 43.7 Å². The lowest BCUT2D eigenvalue weighted by Gasteiger charge is -2.32. The lowest BCUT2D eigenvalue weighted by molar-refractivity contribution is -0.148. The largest absolute Gasteiger partial charge is 0.333 e. The van der Waals surface area contributed by atoms with E-state index in [1.165, 1.54) is 16.0 Å². The third-order valence-corrected chi connectivity index (χ3v) is 5.07. The Morgan fingerprint density at radius 3 is 2.29 bits per heavy atom. The number of hydroxylamine groups is 1. The first-order chi connectivity index (χ1) is 11.3. The van der Waals surface area contributed by atoms with Crippen LogP contribution in [0.2, 0.25) is 0 Å². The summed E-state index contributed by atoms with van der Waals surface area (Å²) in [6, 6.07) is 7.73. The van der Waals surface area contributed by atoms with Crippen molar-refractivity contribution >= 4 is 11.8 Å². The Morgan fingerprint density at radius 1 is 1.25 bits per heavy atom. The molecular weight excluding hydrogens is 304 g/mol. The molecule has 1 aromatic rings. The molecule has 5 nitrogen and oxygen atoms in total. The summed E-state index contributed by atoms with van der Waals surface area (Å²) in [6.45, 7) is 5.80. The fourth-order valence-corrected chi connectivity index (χ4v) is 3.35. The average Bonchev–Trinajstić information content (AvgIpc) is 3.34. The number of rotatable bonds is 7. The fraction of sp³-hybridized carbons (Fsp3) is 0.579. The van der Waals surface area contributed by atoms with Crippen LogP contribution in [0.1, 0.15) is 44.2 Å². The number of hydrogen-bond acceptors (Lipinski definition) is 3. The van der Waals surface area contributed by atoms with Gasteiger partial charge in [-0.2, -0.15) is 0 Å². The number of carbonyl (C=O) groups is 2. The number of hydrogen-bond donors (Lipinski definition) is 2. The van der Waals surface area contributed by atoms with Gasteiger partial charge in [0.2, 0.25) is 5.91 Å². The van der Waals surface area contributed by atoms with Gasteiger partial charge in [0.15, 0.2) is 0 Å². The molecule has 1 aliphatic rings. The van der Waals surface area contributed by atoms with Crippen molar-refractivity contribution in [3.8, 4) is 0 Å². The molecule has 0 unspecified atom stereocenters. The van der Waals surface area contributed by atoms with Crippen LogP contribution in [-0.2, 0) is 16.0 Å². The maximum Gasteiger partial charge on any atom is 0.266 e. The van der Waals surface area contributed by atoms with Gasteiger partial charge in [0.1, 0.15) is 6.04 Å². The molecule has 0 spiro atoms. The summed E-state index contributed by atoms with van der Waals surface area (Å²) >= 11 is 0. The van der Waals surface area contributed by atoms with E-state index in [2.05, 4.69) is 31.2 Å². The smallest absolute Gasteiger partial charge is 0.266 e. The zero-order chi connectivity index (χ0) is 17.9. The second kappa shape index (κ2) is 7.34. The molecule has 24 heavy (non-hydrogen) atoms. The molecule has 0 aliphatic heterocycles. The van der Waals surface area contributed by atoms with Gasteiger partial charge in [0.05, 0.1) is 0 Å². The van der Waals surface area contributed by atoms with Crippen molar-refractivity contribution in [1.29, 1.82) is 0 Å². The highest BCUT2D eigenvalue weighted by Crippen LogP contribution is 2.51. The summed E-state index contributed by atoms with van der Waals surface area (Å²) in [7, 11) is 1.66. The zero-order valence-electron chi connectivity index (χ0n) is 15.0. The van der Waals surface area contributed by atoms with Crippen LogP contribution in [0, 0.1) is 18.3 Å². The quantitative estimate of drug-likeness (QED) is 0.596. The maximum absolute atomic E-state index is 12.9. The Kier molecular flexibility index (Phi) is 5.65. The Morgan fingerprint density at radius 2 is 1.83 bits per heavy atom. The van der Waals surface area contributed by atoms with Crippen molar-refractivity contribution in [3.05, 3.63) is 35.4 Å². The number of aryl methyl sites for hydroxylation is 2. The molecule has 1 fully saturated rings. The first-order valence-electron chi connectivity index (χ1n) is 8.57. The minimum atomic E-state index is -0.653. The van der Waals surface area contributed by atoms with Crippen LogP contribution in [0.5, 0.6) is 0 Å². The molecular formula is C19H28N2O3. The molecule has 5 heteroatoms. The Hall–Kier alpha value is -1.88. The SMILES string of the molecule is Cc1ccc(CCC2(C(=O)N(C)[C@@H](C(=O)NO)C(C)C)CC2)cc1. The first kappa shape index (κ1) is 18.5. The topological polar surface area (TPSA) is 69.6 Å². The highest BCUT2D eigenvalue weighted by molar-refractivity contribution is 5.91. The lowest BCUT2D eigenvalue weighted by Crippen LogP contribution is -2.52. The number of nitrogens with zero attached hydrogens (tertiary/aromatic N) is 1. The number of amides is 2. The molecule has 2 N–H and O–H groups in total. The monoisotopic (exact) mass is 332 g/mol. The molecule has 0 aromatic heterocycles. The summed E-state index contributed by atoms with van der Waals surface area (Å²) in [5.41, 5.74) is 3.80. The Balaban J connectivity index is 2.04. The van der Waals surface area contributed by atoms with Crippen LogP contribution in [0.15, 0.2) is 24.3 Å². The van der Waals surface area contributed by atoms with Crippen LogP contribution >= 0.6 is 0 Å². The second-order valence-electron chi connectivity index (χ2n) is 7.35. The van der Waals surface area contributed by atoms with E-state index in [1.807, 2.05) is 13.8 Å². The molecule has 1 atom stereocenters. The molecule has 2 rings (SSSR count). The molecule has 0 saturated heterocycles. The van der Waals surface area contributed by atoms with Crippen molar-refractivity contribution in [3.63, 3.8) is 0 Å². The summed E-state index contributed by atoms with van der Waals surface area (Å²) in [4.78, 5) is 26.3. The van der Waals surface area contributed by atoms with Crippen LogP contribution in [0.25, 0.3) is 0 Å². The fourth-order valence-electron chi connectivity index (χ4n) is 3.35. The lowest BCUT2D eigenvalue weighted by atomic mass is 9.93. The summed E-state index contributed by atoms with van der Waals surface area (Å²) in [5.74, 6) is -0.592. The third-order valence-electron chi connectivity index (χ3n) is 5.07. The van der Waals surface area contributed by atoms with Gasteiger partial charge < -0.3 is 4.90 Å². The van der Waals surface area contributed by atoms with Crippen molar-refractivity contribution in [2.45, 2.75) is 52.5 Å². The second-order valence-corrected chi connectivity index (χ2v) is 7.35. The van der Waals surface area contributed by atoms with E-state index >= 15 is 0 Å². The van der Waals surface area contributed by atoms with Crippen molar-refractivity contribution in [1.82, 2.24) is 10.4 Å². The molecule has 1 saturated carbocycles. The molecule has 0 heterocycles. The molecule has 132 valence electrons. The zero-order valence-corrected chi connectivity index (χ0v) is 15.0. The number of carbonyl (C=O) groups excluding carboxylic acids is 2. The van der Waals surface area contributed by atoms with E-state index < -0.39 is 11.9 Å². The van der Waals surface area contributed by atoms with Gasteiger partial charge in [-0.25, -0.2) is 5.48 Å². The van der Waals surface area contributed by atoms with Gasteiger partial charge in [-0.15, -0.1) is 0 Å². The normalized spacial score (nSPS) is 16.6. The minimum absolute atomic E-state index is 0.0110. The van der Waals surface area contributed by atoms with E-state index in [0.29, 0.717) is 0 Å². The van der Waals surface area contributed by atoms with E-state index in [-0.39, 0.29) is 17.2 Å². The maximum atomic E-state index is 12.9. The summed E-state index contributed by atoms with van der Waals surface area (Å²) in [5, 5.41) is 8.94. The van der Waals surface area contributed by atoms with Crippen LogP contribution in [0.3, 0.4) is 0 Å².